The van der Waals surface area contributed by atoms with Crippen LogP contribution in [0, 0.1) is 12.8 Å². The van der Waals surface area contributed by atoms with Crippen molar-refractivity contribution in [1.82, 2.24) is 19.7 Å². The van der Waals surface area contributed by atoms with E-state index < -0.39 is 0 Å². The zero-order chi connectivity index (χ0) is 19.0. The van der Waals surface area contributed by atoms with Crippen molar-refractivity contribution < 1.29 is 9.53 Å². The van der Waals surface area contributed by atoms with Crippen molar-refractivity contribution in [2.45, 2.75) is 26.3 Å². The normalized spacial score (nSPS) is 19.7. The topological polar surface area (TPSA) is 63.5 Å². The van der Waals surface area contributed by atoms with Crippen LogP contribution in [0.4, 0.5) is 5.69 Å². The van der Waals surface area contributed by atoms with Crippen LogP contribution in [0.25, 0.3) is 0 Å². The minimum Gasteiger partial charge on any atom is -0.497 e. The summed E-state index contributed by atoms with van der Waals surface area (Å²) in [6, 6.07) is 5.67. The molecule has 0 aliphatic carbocycles. The Labute approximate surface area is 163 Å². The van der Waals surface area contributed by atoms with Crippen molar-refractivity contribution in [1.29, 1.82) is 0 Å². The van der Waals surface area contributed by atoms with Crippen molar-refractivity contribution in [2.24, 2.45) is 5.92 Å². The maximum absolute atomic E-state index is 13.0. The van der Waals surface area contributed by atoms with Gasteiger partial charge in [0.1, 0.15) is 17.4 Å². The van der Waals surface area contributed by atoms with Gasteiger partial charge in [0.25, 0.3) is 0 Å². The van der Waals surface area contributed by atoms with Crippen LogP contribution in [0.5, 0.6) is 5.75 Å². The molecule has 1 aromatic carbocycles. The smallest absolute Gasteiger partial charge is 0.227 e. The molecular weight excluding hydrogens is 366 g/mol. The van der Waals surface area contributed by atoms with Gasteiger partial charge in [0.15, 0.2) is 0 Å². The quantitative estimate of drug-likeness (QED) is 0.805. The van der Waals surface area contributed by atoms with Gasteiger partial charge in [0.05, 0.1) is 23.7 Å². The number of aryl methyl sites for hydroxylation is 2. The van der Waals surface area contributed by atoms with Gasteiger partial charge < -0.3 is 19.1 Å². The molecule has 0 N–H and O–H groups in total. The van der Waals surface area contributed by atoms with E-state index in [0.717, 1.165) is 49.0 Å². The molecule has 2 aliphatic rings. The number of fused-ring (bicyclic) bond motifs is 1. The summed E-state index contributed by atoms with van der Waals surface area (Å²) in [5.41, 5.74) is 0.963. The first-order valence-corrected chi connectivity index (χ1v) is 9.70. The number of aromatic nitrogens is 3. The van der Waals surface area contributed by atoms with Crippen LogP contribution in [-0.2, 0) is 17.8 Å². The molecule has 1 unspecified atom stereocenters. The van der Waals surface area contributed by atoms with E-state index in [1.54, 1.807) is 7.11 Å². The Morgan fingerprint density at radius 2 is 2.00 bits per heavy atom. The average molecular weight is 390 g/mol. The standard InChI is InChI=1S/C19H24ClN5O2/c1-13-21-22-18-6-3-14(12-25(13)18)19(26)24-9-7-23(8-10-24)17-11-15(27-2)4-5-16(17)20/h4-5,11,14H,3,6-10,12H2,1-2H3. The SMILES string of the molecule is COc1ccc(Cl)c(N2CCN(C(=O)C3CCc4nnc(C)n4C3)CC2)c1. The van der Waals surface area contributed by atoms with E-state index in [0.29, 0.717) is 24.7 Å². The summed E-state index contributed by atoms with van der Waals surface area (Å²) in [6.07, 6.45) is 1.66. The van der Waals surface area contributed by atoms with Crippen LogP contribution in [0.2, 0.25) is 5.02 Å². The number of halogens is 1. The maximum Gasteiger partial charge on any atom is 0.227 e. The number of amides is 1. The Hall–Kier alpha value is -2.28. The highest BCUT2D eigenvalue weighted by Crippen LogP contribution is 2.31. The monoisotopic (exact) mass is 389 g/mol. The fourth-order valence-electron chi connectivity index (χ4n) is 3.95. The van der Waals surface area contributed by atoms with Crippen LogP contribution in [0.3, 0.4) is 0 Å². The molecule has 0 bridgehead atoms. The van der Waals surface area contributed by atoms with Gasteiger partial charge in [-0.25, -0.2) is 0 Å². The Morgan fingerprint density at radius 3 is 2.74 bits per heavy atom. The van der Waals surface area contributed by atoms with Crippen molar-refractivity contribution in [3.8, 4) is 5.75 Å². The molecule has 1 amide bonds. The lowest BCUT2D eigenvalue weighted by molar-refractivity contribution is -0.136. The van der Waals surface area contributed by atoms with Gasteiger partial charge in [0, 0.05) is 45.2 Å². The Bertz CT molecular complexity index is 845. The second-order valence-corrected chi connectivity index (χ2v) is 7.55. The van der Waals surface area contributed by atoms with E-state index in [2.05, 4.69) is 19.7 Å². The first kappa shape index (κ1) is 18.1. The van der Waals surface area contributed by atoms with E-state index in [1.165, 1.54) is 0 Å². The molecule has 7 nitrogen and oxygen atoms in total. The number of nitrogens with zero attached hydrogens (tertiary/aromatic N) is 5. The van der Waals surface area contributed by atoms with Crippen LogP contribution in [0.15, 0.2) is 18.2 Å². The van der Waals surface area contributed by atoms with E-state index >= 15 is 0 Å². The molecular formula is C19H24ClN5O2. The molecule has 1 atom stereocenters. The van der Waals surface area contributed by atoms with Gasteiger partial charge in [-0.1, -0.05) is 11.6 Å². The van der Waals surface area contributed by atoms with E-state index in [4.69, 9.17) is 16.3 Å². The Balaban J connectivity index is 1.39. The number of ether oxygens (including phenoxy) is 1. The second-order valence-electron chi connectivity index (χ2n) is 7.14. The van der Waals surface area contributed by atoms with Gasteiger partial charge in [-0.3, -0.25) is 4.79 Å². The van der Waals surface area contributed by atoms with Crippen LogP contribution >= 0.6 is 11.6 Å². The van der Waals surface area contributed by atoms with E-state index in [-0.39, 0.29) is 11.8 Å². The first-order valence-electron chi connectivity index (χ1n) is 9.33. The number of methoxy groups -OCH3 is 1. The number of rotatable bonds is 3. The number of anilines is 1. The summed E-state index contributed by atoms with van der Waals surface area (Å²) >= 11 is 6.37. The zero-order valence-electron chi connectivity index (χ0n) is 15.7. The number of hydrogen-bond donors (Lipinski definition) is 0. The number of benzene rings is 1. The maximum atomic E-state index is 13.0. The predicted octanol–water partition coefficient (Wildman–Crippen LogP) is 2.16. The predicted molar refractivity (Wildman–Crippen MR) is 103 cm³/mol. The van der Waals surface area contributed by atoms with Crippen molar-refractivity contribution in [2.75, 3.05) is 38.2 Å². The molecule has 4 rings (SSSR count). The van der Waals surface area contributed by atoms with Gasteiger partial charge in [-0.2, -0.15) is 0 Å². The number of hydrogen-bond acceptors (Lipinski definition) is 5. The Kier molecular flexibility index (Phi) is 4.95. The average Bonchev–Trinajstić information content (AvgIpc) is 3.08. The zero-order valence-corrected chi connectivity index (χ0v) is 16.4. The number of piperazine rings is 1. The third-order valence-electron chi connectivity index (χ3n) is 5.57. The minimum atomic E-state index is 0.0131. The Morgan fingerprint density at radius 1 is 1.22 bits per heavy atom. The lowest BCUT2D eigenvalue weighted by atomic mass is 9.97. The molecule has 8 heteroatoms. The summed E-state index contributed by atoms with van der Waals surface area (Å²) in [5, 5.41) is 9.02. The molecule has 3 heterocycles. The summed E-state index contributed by atoms with van der Waals surface area (Å²) in [7, 11) is 1.65. The van der Waals surface area contributed by atoms with Gasteiger partial charge in [-0.15, -0.1) is 10.2 Å². The highest BCUT2D eigenvalue weighted by Gasteiger charge is 2.32. The van der Waals surface area contributed by atoms with Gasteiger partial charge in [-0.05, 0) is 25.5 Å². The molecule has 27 heavy (non-hydrogen) atoms. The van der Waals surface area contributed by atoms with Crippen LogP contribution < -0.4 is 9.64 Å². The summed E-state index contributed by atoms with van der Waals surface area (Å²) < 4.78 is 7.39. The molecule has 2 aromatic rings. The number of carbonyl (C=O) groups is 1. The molecule has 144 valence electrons. The minimum absolute atomic E-state index is 0.0131. The molecule has 0 saturated carbocycles. The summed E-state index contributed by atoms with van der Waals surface area (Å²) in [6.45, 7) is 5.58. The third kappa shape index (κ3) is 3.48. The fourth-order valence-corrected chi connectivity index (χ4v) is 4.19. The molecule has 0 radical (unpaired) electrons. The largest absolute Gasteiger partial charge is 0.497 e. The first-order chi connectivity index (χ1) is 13.1. The highest BCUT2D eigenvalue weighted by atomic mass is 35.5. The summed E-state index contributed by atoms with van der Waals surface area (Å²) in [4.78, 5) is 17.2. The van der Waals surface area contributed by atoms with Crippen LogP contribution in [-0.4, -0.2) is 58.9 Å². The lowest BCUT2D eigenvalue weighted by Crippen LogP contribution is -2.51. The van der Waals surface area contributed by atoms with Gasteiger partial charge >= 0.3 is 0 Å². The van der Waals surface area contributed by atoms with E-state index in [9.17, 15) is 4.79 Å². The molecule has 0 spiro atoms. The fraction of sp³-hybridized carbons (Fsp3) is 0.526. The van der Waals surface area contributed by atoms with Crippen molar-refractivity contribution in [3.63, 3.8) is 0 Å². The van der Waals surface area contributed by atoms with Crippen molar-refractivity contribution >= 4 is 23.2 Å². The highest BCUT2D eigenvalue weighted by molar-refractivity contribution is 6.33. The van der Waals surface area contributed by atoms with Crippen molar-refractivity contribution in [3.05, 3.63) is 34.9 Å². The van der Waals surface area contributed by atoms with E-state index in [1.807, 2.05) is 30.0 Å². The number of carbonyl (C=O) groups excluding carboxylic acids is 1. The lowest BCUT2D eigenvalue weighted by Gasteiger charge is -2.38. The van der Waals surface area contributed by atoms with Crippen LogP contribution in [0.1, 0.15) is 18.1 Å². The molecule has 1 fully saturated rings. The molecule has 1 saturated heterocycles. The third-order valence-corrected chi connectivity index (χ3v) is 5.89. The molecule has 2 aliphatic heterocycles. The summed E-state index contributed by atoms with van der Waals surface area (Å²) in [5.74, 6) is 2.92. The second kappa shape index (κ2) is 7.38. The molecule has 1 aromatic heterocycles. The van der Waals surface area contributed by atoms with Gasteiger partial charge in [0.2, 0.25) is 5.91 Å².